The van der Waals surface area contributed by atoms with Crippen LogP contribution in [0.5, 0.6) is 0 Å². The highest BCUT2D eigenvalue weighted by Crippen LogP contribution is 2.26. The van der Waals surface area contributed by atoms with Crippen molar-refractivity contribution in [3.63, 3.8) is 0 Å². The molecule has 0 saturated heterocycles. The van der Waals surface area contributed by atoms with Crippen LogP contribution in [0.3, 0.4) is 0 Å². The van der Waals surface area contributed by atoms with E-state index in [0.29, 0.717) is 17.3 Å². The largest absolute Gasteiger partial charge is 0.366 e. The summed E-state index contributed by atoms with van der Waals surface area (Å²) in [6.07, 6.45) is 8.77. The molecular formula is C19H25N5O. The molecule has 2 N–H and O–H groups in total. The minimum absolute atomic E-state index is 0.0214. The normalized spacial score (nSPS) is 15.3. The van der Waals surface area contributed by atoms with Gasteiger partial charge in [0.25, 0.3) is 0 Å². The van der Waals surface area contributed by atoms with E-state index in [4.69, 9.17) is 0 Å². The van der Waals surface area contributed by atoms with Gasteiger partial charge in [0.1, 0.15) is 5.52 Å². The van der Waals surface area contributed by atoms with Gasteiger partial charge in [-0.05, 0) is 38.8 Å². The first-order valence-electron chi connectivity index (χ1n) is 8.94. The van der Waals surface area contributed by atoms with Gasteiger partial charge in [0.2, 0.25) is 11.9 Å². The van der Waals surface area contributed by atoms with Crippen LogP contribution in [0.15, 0.2) is 18.8 Å². The summed E-state index contributed by atoms with van der Waals surface area (Å²) in [4.78, 5) is 25.8. The number of nitrogens with zero attached hydrogens (tertiary/aromatic N) is 3. The summed E-state index contributed by atoms with van der Waals surface area (Å²) in [5.41, 5.74) is 1.46. The van der Waals surface area contributed by atoms with E-state index >= 15 is 0 Å². The van der Waals surface area contributed by atoms with Crippen molar-refractivity contribution < 1.29 is 4.79 Å². The van der Waals surface area contributed by atoms with Crippen molar-refractivity contribution in [1.82, 2.24) is 15.0 Å². The minimum Gasteiger partial charge on any atom is -0.366 e. The molecule has 0 aliphatic heterocycles. The lowest BCUT2D eigenvalue weighted by atomic mass is 9.89. The van der Waals surface area contributed by atoms with Gasteiger partial charge in [0.15, 0.2) is 5.82 Å². The molecule has 25 heavy (non-hydrogen) atoms. The Hall–Kier alpha value is -2.50. The highest BCUT2D eigenvalue weighted by molar-refractivity contribution is 5.94. The smallest absolute Gasteiger partial charge is 0.230 e. The van der Waals surface area contributed by atoms with Gasteiger partial charge in [-0.3, -0.25) is 10.1 Å². The van der Waals surface area contributed by atoms with E-state index in [1.54, 1.807) is 12.3 Å². The molecule has 1 amide bonds. The van der Waals surface area contributed by atoms with Gasteiger partial charge in [-0.15, -0.1) is 0 Å². The molecule has 0 radical (unpaired) electrons. The van der Waals surface area contributed by atoms with Crippen LogP contribution in [0.4, 0.5) is 11.8 Å². The fourth-order valence-electron chi connectivity index (χ4n) is 3.18. The summed E-state index contributed by atoms with van der Waals surface area (Å²) in [6, 6.07) is 2.10. The second-order valence-corrected chi connectivity index (χ2v) is 6.85. The third kappa shape index (κ3) is 4.13. The predicted octanol–water partition coefficient (Wildman–Crippen LogP) is 4.01. The molecule has 0 aromatic carbocycles. The molecule has 1 saturated carbocycles. The van der Waals surface area contributed by atoms with Crippen molar-refractivity contribution in [2.75, 3.05) is 10.6 Å². The molecule has 3 rings (SSSR count). The van der Waals surface area contributed by atoms with Crippen LogP contribution in [0.1, 0.15) is 51.6 Å². The van der Waals surface area contributed by atoms with Crippen LogP contribution in [0.25, 0.3) is 17.0 Å². The topological polar surface area (TPSA) is 79.8 Å². The van der Waals surface area contributed by atoms with Gasteiger partial charge in [0, 0.05) is 23.5 Å². The molecule has 2 aromatic rings. The third-order valence-electron chi connectivity index (χ3n) is 4.43. The fraction of sp³-hybridized carbons (Fsp3) is 0.474. The monoisotopic (exact) mass is 339 g/mol. The molecule has 1 fully saturated rings. The summed E-state index contributed by atoms with van der Waals surface area (Å²) in [5.74, 6) is 1.11. The van der Waals surface area contributed by atoms with Crippen LogP contribution in [0.2, 0.25) is 0 Å². The Kier molecular flexibility index (Phi) is 5.26. The molecule has 0 bridgehead atoms. The maximum absolute atomic E-state index is 12.4. The number of anilines is 2. The van der Waals surface area contributed by atoms with Gasteiger partial charge in [-0.2, -0.15) is 0 Å². The van der Waals surface area contributed by atoms with Crippen molar-refractivity contribution in [3.8, 4) is 0 Å². The first kappa shape index (κ1) is 17.3. The van der Waals surface area contributed by atoms with Gasteiger partial charge < -0.3 is 5.32 Å². The fourth-order valence-corrected chi connectivity index (χ4v) is 3.18. The Morgan fingerprint density at radius 1 is 1.28 bits per heavy atom. The molecule has 2 heterocycles. The number of pyridine rings is 1. The van der Waals surface area contributed by atoms with E-state index < -0.39 is 0 Å². The van der Waals surface area contributed by atoms with E-state index in [1.807, 2.05) is 19.9 Å². The van der Waals surface area contributed by atoms with Crippen LogP contribution in [-0.2, 0) is 4.79 Å². The van der Waals surface area contributed by atoms with E-state index in [-0.39, 0.29) is 17.9 Å². The van der Waals surface area contributed by atoms with Gasteiger partial charge in [-0.25, -0.2) is 15.0 Å². The quantitative estimate of drug-likeness (QED) is 0.860. The Bertz CT molecular complexity index is 781. The van der Waals surface area contributed by atoms with Crippen LogP contribution < -0.4 is 10.6 Å². The number of amides is 1. The lowest BCUT2D eigenvalue weighted by molar-refractivity contribution is -0.120. The average Bonchev–Trinajstić information content (AvgIpc) is 2.62. The first-order chi connectivity index (χ1) is 12.1. The summed E-state index contributed by atoms with van der Waals surface area (Å²) >= 11 is 0. The SMILES string of the molecule is C=Cc1cc2cnc(NC(=O)C3CCCCC3)nc2c(NC(C)C)n1. The van der Waals surface area contributed by atoms with Crippen LogP contribution in [-0.4, -0.2) is 26.9 Å². The van der Waals surface area contributed by atoms with Crippen LogP contribution in [0, 0.1) is 5.92 Å². The lowest BCUT2D eigenvalue weighted by Crippen LogP contribution is -2.25. The van der Waals surface area contributed by atoms with Crippen molar-refractivity contribution >= 4 is 34.7 Å². The molecule has 0 atom stereocenters. The number of hydrogen-bond acceptors (Lipinski definition) is 5. The van der Waals surface area contributed by atoms with E-state index in [1.165, 1.54) is 6.42 Å². The molecule has 0 unspecified atom stereocenters. The maximum atomic E-state index is 12.4. The van der Waals surface area contributed by atoms with Crippen molar-refractivity contribution in [2.24, 2.45) is 5.92 Å². The zero-order valence-corrected chi connectivity index (χ0v) is 14.9. The standard InChI is InChI=1S/C19H25N5O/c1-4-15-10-14-11-20-19(23-16(14)17(22-15)21-12(2)3)24-18(25)13-8-6-5-7-9-13/h4,10-13H,1,5-9H2,2-3H3,(H,21,22)(H,20,23,24,25). The number of rotatable bonds is 5. The highest BCUT2D eigenvalue weighted by Gasteiger charge is 2.22. The van der Waals surface area contributed by atoms with Crippen LogP contribution >= 0.6 is 0 Å². The van der Waals surface area contributed by atoms with Crippen molar-refractivity contribution in [3.05, 3.63) is 24.5 Å². The van der Waals surface area contributed by atoms with E-state index in [2.05, 4.69) is 32.2 Å². The Labute approximate surface area is 148 Å². The lowest BCUT2D eigenvalue weighted by Gasteiger charge is -2.20. The molecule has 132 valence electrons. The molecule has 2 aromatic heterocycles. The zero-order chi connectivity index (χ0) is 17.8. The predicted molar refractivity (Wildman–Crippen MR) is 101 cm³/mol. The van der Waals surface area contributed by atoms with Crippen molar-refractivity contribution in [1.29, 1.82) is 0 Å². The Balaban J connectivity index is 1.89. The van der Waals surface area contributed by atoms with Crippen molar-refractivity contribution in [2.45, 2.75) is 52.0 Å². The van der Waals surface area contributed by atoms with Gasteiger partial charge in [-0.1, -0.05) is 25.8 Å². The van der Waals surface area contributed by atoms with E-state index in [9.17, 15) is 4.79 Å². The van der Waals surface area contributed by atoms with Gasteiger partial charge >= 0.3 is 0 Å². The molecule has 1 aliphatic carbocycles. The first-order valence-corrected chi connectivity index (χ1v) is 8.94. The zero-order valence-electron chi connectivity index (χ0n) is 14.9. The average molecular weight is 339 g/mol. The number of carbonyl (C=O) groups excluding carboxylic acids is 1. The molecule has 1 aliphatic rings. The molecule has 6 nitrogen and oxygen atoms in total. The summed E-state index contributed by atoms with van der Waals surface area (Å²) in [6.45, 7) is 7.86. The summed E-state index contributed by atoms with van der Waals surface area (Å²) < 4.78 is 0. The van der Waals surface area contributed by atoms with Gasteiger partial charge in [0.05, 0.1) is 5.69 Å². The highest BCUT2D eigenvalue weighted by atomic mass is 16.2. The summed E-state index contributed by atoms with van der Waals surface area (Å²) in [7, 11) is 0. The maximum Gasteiger partial charge on any atom is 0.230 e. The molecule has 6 heteroatoms. The second-order valence-electron chi connectivity index (χ2n) is 6.85. The number of fused-ring (bicyclic) bond motifs is 1. The third-order valence-corrected chi connectivity index (χ3v) is 4.43. The summed E-state index contributed by atoms with van der Waals surface area (Å²) in [5, 5.41) is 7.05. The second kappa shape index (κ2) is 7.59. The number of carbonyl (C=O) groups is 1. The number of nitrogens with one attached hydrogen (secondary N) is 2. The molecule has 0 spiro atoms. The minimum atomic E-state index is 0.0214. The Morgan fingerprint density at radius 2 is 2.04 bits per heavy atom. The van der Waals surface area contributed by atoms with E-state index in [0.717, 1.165) is 36.8 Å². The number of aromatic nitrogens is 3. The Morgan fingerprint density at radius 3 is 2.72 bits per heavy atom. The number of hydrogen-bond donors (Lipinski definition) is 2. The molecular weight excluding hydrogens is 314 g/mol.